The highest BCUT2D eigenvalue weighted by atomic mass is 79.9. The summed E-state index contributed by atoms with van der Waals surface area (Å²) in [5, 5.41) is 3.00. The van der Waals surface area contributed by atoms with Gasteiger partial charge in [0, 0.05) is 23.2 Å². The number of carbonyl (C=O) groups is 1. The summed E-state index contributed by atoms with van der Waals surface area (Å²) in [6.07, 6.45) is 1.35. The molecule has 27 heavy (non-hydrogen) atoms. The Bertz CT molecular complexity index is 922. The number of hydrogen-bond donors (Lipinski definition) is 1. The van der Waals surface area contributed by atoms with Crippen LogP contribution in [0.1, 0.15) is 24.0 Å². The Labute approximate surface area is 169 Å². The number of nitrogens with zero attached hydrogens (tertiary/aromatic N) is 1. The summed E-state index contributed by atoms with van der Waals surface area (Å²) in [5.41, 5.74) is 2.81. The molecule has 1 unspecified atom stereocenters. The monoisotopic (exact) mass is 450 g/mol. The Morgan fingerprint density at radius 1 is 1.11 bits per heavy atom. The third kappa shape index (κ3) is 4.42. The number of nitrogens with one attached hydrogen (secondary N) is 1. The molecule has 5 nitrogen and oxygen atoms in total. The van der Waals surface area contributed by atoms with Gasteiger partial charge >= 0.3 is 0 Å². The second kappa shape index (κ2) is 8.12. The lowest BCUT2D eigenvalue weighted by molar-refractivity contribution is -0.120. The maximum absolute atomic E-state index is 12.9. The van der Waals surface area contributed by atoms with Crippen LogP contribution in [0.2, 0.25) is 0 Å². The largest absolute Gasteiger partial charge is 0.325 e. The smallest absolute Gasteiger partial charge is 0.243 e. The third-order valence-electron chi connectivity index (χ3n) is 4.94. The molecule has 0 aliphatic carbocycles. The molecule has 0 aromatic heterocycles. The highest BCUT2D eigenvalue weighted by molar-refractivity contribution is 9.10. The molecular formula is C20H23BrN2O3S. The minimum Gasteiger partial charge on any atom is -0.325 e. The number of sulfonamides is 1. The van der Waals surface area contributed by atoms with E-state index in [1.165, 1.54) is 4.31 Å². The Hall–Kier alpha value is -1.70. The second-order valence-corrected chi connectivity index (χ2v) is 9.77. The first-order valence-electron chi connectivity index (χ1n) is 8.92. The van der Waals surface area contributed by atoms with E-state index in [4.69, 9.17) is 0 Å². The van der Waals surface area contributed by atoms with Crippen molar-refractivity contribution in [2.45, 2.75) is 31.6 Å². The fourth-order valence-electron chi connectivity index (χ4n) is 3.37. The van der Waals surface area contributed by atoms with Crippen LogP contribution in [0.5, 0.6) is 0 Å². The number of amides is 1. The van der Waals surface area contributed by atoms with Gasteiger partial charge in [-0.15, -0.1) is 0 Å². The molecule has 1 amide bonds. The molecule has 0 spiro atoms. The summed E-state index contributed by atoms with van der Waals surface area (Å²) in [5.74, 6) is -0.480. The van der Waals surface area contributed by atoms with E-state index in [2.05, 4.69) is 21.2 Å². The van der Waals surface area contributed by atoms with Crippen LogP contribution in [0.4, 0.5) is 5.69 Å². The van der Waals surface area contributed by atoms with Crippen LogP contribution >= 0.6 is 15.9 Å². The zero-order chi connectivity index (χ0) is 19.6. The molecule has 1 saturated heterocycles. The highest BCUT2D eigenvalue weighted by Crippen LogP contribution is 2.27. The number of halogens is 1. The van der Waals surface area contributed by atoms with Crippen molar-refractivity contribution in [3.8, 4) is 0 Å². The minimum absolute atomic E-state index is 0.122. The minimum atomic E-state index is -3.60. The predicted octanol–water partition coefficient (Wildman–Crippen LogP) is 4.11. The lowest BCUT2D eigenvalue weighted by Gasteiger charge is -2.31. The number of piperidine rings is 1. The zero-order valence-corrected chi connectivity index (χ0v) is 17.8. The lowest BCUT2D eigenvalue weighted by atomic mass is 9.98. The maximum atomic E-state index is 12.9. The fourth-order valence-corrected chi connectivity index (χ4v) is 5.16. The number of benzene rings is 2. The molecule has 0 radical (unpaired) electrons. The van der Waals surface area contributed by atoms with Crippen LogP contribution in [-0.2, 0) is 14.8 Å². The van der Waals surface area contributed by atoms with Gasteiger partial charge in [-0.3, -0.25) is 4.79 Å². The number of aryl methyl sites for hydroxylation is 2. The quantitative estimate of drug-likeness (QED) is 0.761. The molecule has 1 fully saturated rings. The number of para-hydroxylation sites is 1. The molecule has 1 atom stereocenters. The normalized spacial score (nSPS) is 18.3. The fraction of sp³-hybridized carbons (Fsp3) is 0.350. The van der Waals surface area contributed by atoms with Crippen LogP contribution in [0, 0.1) is 19.8 Å². The molecule has 0 bridgehead atoms. The Kier molecular flexibility index (Phi) is 6.03. The van der Waals surface area contributed by atoms with Crippen molar-refractivity contribution >= 4 is 37.5 Å². The Morgan fingerprint density at radius 2 is 1.74 bits per heavy atom. The van der Waals surface area contributed by atoms with E-state index in [0.717, 1.165) is 21.3 Å². The first-order valence-corrected chi connectivity index (χ1v) is 11.1. The average Bonchev–Trinajstić information content (AvgIpc) is 2.65. The predicted molar refractivity (Wildman–Crippen MR) is 110 cm³/mol. The molecule has 1 aliphatic rings. The Balaban J connectivity index is 1.75. The molecule has 0 saturated carbocycles. The summed E-state index contributed by atoms with van der Waals surface area (Å²) in [6.45, 7) is 4.54. The summed E-state index contributed by atoms with van der Waals surface area (Å²) in [6, 6.07) is 12.4. The van der Waals surface area contributed by atoms with Gasteiger partial charge in [-0.2, -0.15) is 4.31 Å². The van der Waals surface area contributed by atoms with Gasteiger partial charge in [0.05, 0.1) is 10.8 Å². The van der Waals surface area contributed by atoms with Crippen LogP contribution in [0.15, 0.2) is 51.8 Å². The van der Waals surface area contributed by atoms with Gasteiger partial charge in [0.25, 0.3) is 0 Å². The Morgan fingerprint density at radius 3 is 2.37 bits per heavy atom. The van der Waals surface area contributed by atoms with Crippen molar-refractivity contribution < 1.29 is 13.2 Å². The summed E-state index contributed by atoms with van der Waals surface area (Å²) in [4.78, 5) is 13.0. The van der Waals surface area contributed by atoms with E-state index < -0.39 is 10.0 Å². The van der Waals surface area contributed by atoms with Crippen molar-refractivity contribution in [2.24, 2.45) is 5.92 Å². The third-order valence-corrected chi connectivity index (χ3v) is 7.34. The van der Waals surface area contributed by atoms with E-state index in [0.29, 0.717) is 19.4 Å². The van der Waals surface area contributed by atoms with Crippen molar-refractivity contribution in [1.29, 1.82) is 0 Å². The molecule has 7 heteroatoms. The first kappa shape index (κ1) is 20.0. The van der Waals surface area contributed by atoms with Gasteiger partial charge in [0.1, 0.15) is 0 Å². The van der Waals surface area contributed by atoms with Crippen LogP contribution in [-0.4, -0.2) is 31.7 Å². The molecule has 3 rings (SSSR count). The molecule has 2 aromatic carbocycles. The summed E-state index contributed by atoms with van der Waals surface area (Å²) < 4.78 is 28.1. The van der Waals surface area contributed by atoms with E-state index in [1.807, 2.05) is 32.0 Å². The van der Waals surface area contributed by atoms with Gasteiger partial charge in [0.2, 0.25) is 15.9 Å². The van der Waals surface area contributed by atoms with Gasteiger partial charge < -0.3 is 5.32 Å². The summed E-state index contributed by atoms with van der Waals surface area (Å²) in [7, 11) is -3.60. The van der Waals surface area contributed by atoms with E-state index in [9.17, 15) is 13.2 Å². The average molecular weight is 451 g/mol. The topological polar surface area (TPSA) is 66.5 Å². The lowest BCUT2D eigenvalue weighted by Crippen LogP contribution is -2.43. The van der Waals surface area contributed by atoms with Gasteiger partial charge in [-0.25, -0.2) is 8.42 Å². The standard InChI is InChI=1S/C20H23BrN2O3S/c1-14-5-3-6-15(2)19(14)22-20(24)16-7-4-12-23(13-16)27(25,26)18-10-8-17(21)9-11-18/h3,5-6,8-11,16H,4,7,12-13H2,1-2H3,(H,22,24). The highest BCUT2D eigenvalue weighted by Gasteiger charge is 2.33. The molecular weight excluding hydrogens is 428 g/mol. The van der Waals surface area contributed by atoms with Crippen molar-refractivity contribution in [2.75, 3.05) is 18.4 Å². The molecule has 1 heterocycles. The molecule has 144 valence electrons. The van der Waals surface area contributed by atoms with Crippen molar-refractivity contribution in [3.05, 3.63) is 58.1 Å². The first-order chi connectivity index (χ1) is 12.8. The summed E-state index contributed by atoms with van der Waals surface area (Å²) >= 11 is 3.32. The number of anilines is 1. The molecule has 1 aliphatic heterocycles. The zero-order valence-electron chi connectivity index (χ0n) is 15.4. The van der Waals surface area contributed by atoms with Crippen molar-refractivity contribution in [3.63, 3.8) is 0 Å². The van der Waals surface area contributed by atoms with Crippen LogP contribution in [0.3, 0.4) is 0 Å². The SMILES string of the molecule is Cc1cccc(C)c1NC(=O)C1CCCN(S(=O)(=O)c2ccc(Br)cc2)C1. The van der Waals surface area contributed by atoms with Gasteiger partial charge in [-0.05, 0) is 62.1 Å². The second-order valence-electron chi connectivity index (χ2n) is 6.91. The van der Waals surface area contributed by atoms with E-state index in [1.54, 1.807) is 24.3 Å². The molecule has 2 aromatic rings. The maximum Gasteiger partial charge on any atom is 0.243 e. The number of carbonyl (C=O) groups excluding carboxylic acids is 1. The number of rotatable bonds is 4. The number of hydrogen-bond acceptors (Lipinski definition) is 3. The van der Waals surface area contributed by atoms with Crippen LogP contribution in [0.25, 0.3) is 0 Å². The van der Waals surface area contributed by atoms with E-state index in [-0.39, 0.29) is 23.3 Å². The van der Waals surface area contributed by atoms with Crippen LogP contribution < -0.4 is 5.32 Å². The van der Waals surface area contributed by atoms with Crippen molar-refractivity contribution in [1.82, 2.24) is 4.31 Å². The molecule has 1 N–H and O–H groups in total. The van der Waals surface area contributed by atoms with Gasteiger partial charge in [-0.1, -0.05) is 34.1 Å². The van der Waals surface area contributed by atoms with Gasteiger partial charge in [0.15, 0.2) is 0 Å². The van der Waals surface area contributed by atoms with E-state index >= 15 is 0 Å².